The summed E-state index contributed by atoms with van der Waals surface area (Å²) in [7, 11) is 0. The molecule has 4 rings (SSSR count). The number of hydrogen-bond donors (Lipinski definition) is 3. The Morgan fingerprint density at radius 1 is 0.862 bits per heavy atom. The molecule has 2 aromatic carbocycles. The van der Waals surface area contributed by atoms with Crippen molar-refractivity contribution in [3.8, 4) is 22.8 Å². The van der Waals surface area contributed by atoms with Crippen LogP contribution in [0, 0.1) is 12.7 Å². The maximum absolute atomic E-state index is 13.2. The molecule has 0 spiro atoms. The maximum Gasteiger partial charge on any atom is 0.162 e. The number of halogens is 1. The molecule has 2 aliphatic rings. The lowest BCUT2D eigenvalue weighted by molar-refractivity contribution is 0.199. The fraction of sp³-hybridized carbons (Fsp3) is 0.304. The molecule has 0 atom stereocenters. The quantitative estimate of drug-likeness (QED) is 0.356. The Balaban J connectivity index is 1.81. The molecule has 0 bridgehead atoms. The topological polar surface area (TPSA) is 62.1 Å². The Morgan fingerprint density at radius 2 is 1.45 bits per heavy atom. The predicted molar refractivity (Wildman–Crippen MR) is 115 cm³/mol. The van der Waals surface area contributed by atoms with E-state index >= 15 is 0 Å². The molecule has 0 fully saturated rings. The number of aromatic amines is 2. The third-order valence-electron chi connectivity index (χ3n) is 4.78. The van der Waals surface area contributed by atoms with Gasteiger partial charge in [-0.25, -0.2) is 4.39 Å². The van der Waals surface area contributed by atoms with Gasteiger partial charge in [-0.05, 0) is 82.0 Å². The normalized spacial score (nSPS) is 11.7. The van der Waals surface area contributed by atoms with E-state index in [1.807, 2.05) is 33.8 Å². The van der Waals surface area contributed by atoms with Gasteiger partial charge in [0.2, 0.25) is 0 Å². The second kappa shape index (κ2) is 7.35. The Morgan fingerprint density at radius 3 is 2.03 bits per heavy atom. The Bertz CT molecular complexity index is 1110. The zero-order valence-electron chi connectivity index (χ0n) is 17.3. The monoisotopic (exact) mass is 395 g/mol. The molecule has 2 aromatic rings. The number of H-pyrrole nitrogens is 2. The average molecular weight is 395 g/mol. The van der Waals surface area contributed by atoms with Crippen molar-refractivity contribution >= 4 is 22.3 Å². The summed E-state index contributed by atoms with van der Waals surface area (Å²) in [5, 5.41) is 12.0. The van der Waals surface area contributed by atoms with Gasteiger partial charge in [0.1, 0.15) is 11.6 Å². The van der Waals surface area contributed by atoms with Crippen LogP contribution in [0.15, 0.2) is 36.4 Å². The van der Waals surface area contributed by atoms with Crippen LogP contribution in [0.3, 0.4) is 0 Å². The second-order valence-electron chi connectivity index (χ2n) is 7.81. The van der Waals surface area contributed by atoms with Crippen LogP contribution in [0.4, 0.5) is 15.9 Å². The molecule has 152 valence electrons. The summed E-state index contributed by atoms with van der Waals surface area (Å²) in [6, 6.07) is 10.4. The highest BCUT2D eigenvalue weighted by Crippen LogP contribution is 2.46. The van der Waals surface area contributed by atoms with Gasteiger partial charge in [-0.2, -0.15) is 0 Å². The van der Waals surface area contributed by atoms with Crippen LogP contribution in [0.2, 0.25) is 0 Å². The van der Waals surface area contributed by atoms with Gasteiger partial charge in [-0.1, -0.05) is 0 Å². The van der Waals surface area contributed by atoms with Gasteiger partial charge < -0.3 is 14.8 Å². The summed E-state index contributed by atoms with van der Waals surface area (Å²) in [4.78, 5) is 0. The van der Waals surface area contributed by atoms with E-state index in [4.69, 9.17) is 9.47 Å². The first-order valence-corrected chi connectivity index (χ1v) is 9.85. The van der Waals surface area contributed by atoms with Gasteiger partial charge >= 0.3 is 0 Å². The zero-order valence-corrected chi connectivity index (χ0v) is 17.3. The number of ether oxygens (including phenoxy) is 2. The first-order valence-electron chi connectivity index (χ1n) is 9.85. The highest BCUT2D eigenvalue weighted by atomic mass is 19.1. The molecule has 0 aromatic heterocycles. The molecular formula is C23H26FN3O2. The summed E-state index contributed by atoms with van der Waals surface area (Å²) in [5.41, 5.74) is 3.98. The van der Waals surface area contributed by atoms with Gasteiger partial charge in [-0.15, -0.1) is 0 Å². The minimum absolute atomic E-state index is 0.0411. The molecule has 0 unspecified atom stereocenters. The molecule has 1 aliphatic heterocycles. The summed E-state index contributed by atoms with van der Waals surface area (Å²) >= 11 is 0. The number of rotatable bonds is 6. The smallest absolute Gasteiger partial charge is 0.162 e. The average Bonchev–Trinajstić information content (AvgIpc) is 3.17. The molecule has 0 saturated heterocycles. The van der Waals surface area contributed by atoms with Crippen LogP contribution in [0.25, 0.3) is 22.0 Å². The van der Waals surface area contributed by atoms with Crippen LogP contribution in [0.5, 0.6) is 11.5 Å². The Labute approximate surface area is 169 Å². The molecule has 3 N–H and O–H groups in total. The van der Waals surface area contributed by atoms with Crippen LogP contribution in [-0.4, -0.2) is 22.4 Å². The maximum atomic E-state index is 13.2. The molecule has 1 heterocycles. The number of aromatic nitrogens is 2. The fourth-order valence-electron chi connectivity index (χ4n) is 3.63. The first-order chi connectivity index (χ1) is 13.8. The second-order valence-corrected chi connectivity index (χ2v) is 7.81. The molecule has 29 heavy (non-hydrogen) atoms. The van der Waals surface area contributed by atoms with Gasteiger partial charge in [0.05, 0.1) is 17.9 Å². The van der Waals surface area contributed by atoms with E-state index in [1.54, 1.807) is 12.1 Å². The van der Waals surface area contributed by atoms with Crippen molar-refractivity contribution in [2.45, 2.75) is 46.8 Å². The third-order valence-corrected chi connectivity index (χ3v) is 4.78. The molecule has 1 aliphatic carbocycles. The van der Waals surface area contributed by atoms with Crippen molar-refractivity contribution in [3.05, 3.63) is 47.8 Å². The zero-order chi connectivity index (χ0) is 20.7. The summed E-state index contributed by atoms with van der Waals surface area (Å²) < 4.78 is 25.3. The van der Waals surface area contributed by atoms with E-state index in [0.29, 0.717) is 0 Å². The predicted octanol–water partition coefficient (Wildman–Crippen LogP) is 6.37. The largest absolute Gasteiger partial charge is 0.487 e. The van der Waals surface area contributed by atoms with E-state index in [9.17, 15) is 4.39 Å². The molecule has 0 radical (unpaired) electrons. The van der Waals surface area contributed by atoms with E-state index in [1.165, 1.54) is 12.1 Å². The van der Waals surface area contributed by atoms with Crippen molar-refractivity contribution in [3.63, 3.8) is 0 Å². The number of fused-ring (bicyclic) bond motifs is 3. The minimum Gasteiger partial charge on any atom is -0.487 e. The SMILES string of the molecule is Cc1c2c(Nc3ccc(F)cc3)[nH][nH]c-2c2cc(OC(C)C)c(OC(C)C)cc12. The summed E-state index contributed by atoms with van der Waals surface area (Å²) in [6.07, 6.45) is 0.0885. The lowest BCUT2D eigenvalue weighted by Gasteiger charge is -2.17. The van der Waals surface area contributed by atoms with E-state index in [0.717, 1.165) is 50.6 Å². The number of hydrogen-bond acceptors (Lipinski definition) is 3. The van der Waals surface area contributed by atoms with Crippen molar-refractivity contribution in [2.75, 3.05) is 5.32 Å². The highest BCUT2D eigenvalue weighted by molar-refractivity contribution is 6.08. The Hall–Kier alpha value is -3.15. The van der Waals surface area contributed by atoms with E-state index in [-0.39, 0.29) is 18.0 Å². The van der Waals surface area contributed by atoms with Gasteiger partial charge in [0.15, 0.2) is 11.5 Å². The number of nitrogens with one attached hydrogen (secondary N) is 3. The lowest BCUT2D eigenvalue weighted by atomic mass is 10.1. The molecule has 0 amide bonds. The summed E-state index contributed by atoms with van der Waals surface area (Å²) in [5.74, 6) is 2.05. The van der Waals surface area contributed by atoms with Crippen molar-refractivity contribution in [1.29, 1.82) is 0 Å². The fourth-order valence-corrected chi connectivity index (χ4v) is 3.63. The van der Waals surface area contributed by atoms with Gasteiger partial charge in [-0.3, -0.25) is 10.2 Å². The van der Waals surface area contributed by atoms with Crippen LogP contribution in [-0.2, 0) is 0 Å². The first kappa shape index (κ1) is 19.2. The lowest BCUT2D eigenvalue weighted by Crippen LogP contribution is -2.10. The van der Waals surface area contributed by atoms with Gasteiger partial charge in [0, 0.05) is 16.6 Å². The van der Waals surface area contributed by atoms with Crippen LogP contribution >= 0.6 is 0 Å². The highest BCUT2D eigenvalue weighted by Gasteiger charge is 2.24. The third kappa shape index (κ3) is 3.62. The number of benzene rings is 2. The van der Waals surface area contributed by atoms with E-state index in [2.05, 4.69) is 28.5 Å². The van der Waals surface area contributed by atoms with Gasteiger partial charge in [0.25, 0.3) is 0 Å². The van der Waals surface area contributed by atoms with Crippen molar-refractivity contribution < 1.29 is 13.9 Å². The van der Waals surface area contributed by atoms with Crippen LogP contribution < -0.4 is 14.8 Å². The van der Waals surface area contributed by atoms with E-state index < -0.39 is 0 Å². The number of anilines is 2. The molecule has 6 heteroatoms. The summed E-state index contributed by atoms with van der Waals surface area (Å²) in [6.45, 7) is 10.1. The molecule has 5 nitrogen and oxygen atoms in total. The minimum atomic E-state index is -0.260. The van der Waals surface area contributed by atoms with Crippen molar-refractivity contribution in [1.82, 2.24) is 10.2 Å². The standard InChI is InChI=1S/C23H26FN3O2/c1-12(2)28-19-10-17-14(5)21-22(18(17)11-20(19)29-13(3)4)26-27-23(21)25-16-8-6-15(24)7-9-16/h6-13,25-27H,1-5H3. The van der Waals surface area contributed by atoms with Crippen LogP contribution in [0.1, 0.15) is 33.3 Å². The number of aryl methyl sites for hydroxylation is 1. The molecular weight excluding hydrogens is 369 g/mol. The molecule has 0 saturated carbocycles. The Kier molecular flexibility index (Phi) is 4.86. The van der Waals surface area contributed by atoms with Crippen molar-refractivity contribution in [2.24, 2.45) is 0 Å².